The number of esters is 2. The van der Waals surface area contributed by atoms with E-state index in [1.54, 1.807) is 7.11 Å². The number of piperazine rings is 1. The van der Waals surface area contributed by atoms with Crippen LogP contribution < -0.4 is 29.0 Å². The Hall–Kier alpha value is -4.34. The number of hydrogen-bond acceptors (Lipinski definition) is 11. The number of nitrogens with zero attached hydrogens (tertiary/aromatic N) is 3. The van der Waals surface area contributed by atoms with E-state index < -0.39 is 18.1 Å². The molecule has 4 aliphatic heterocycles. The zero-order valence-electron chi connectivity index (χ0n) is 33.5. The molecule has 12 heteroatoms. The van der Waals surface area contributed by atoms with Crippen LogP contribution in [0.15, 0.2) is 6.07 Å². The first-order valence-corrected chi connectivity index (χ1v) is 20.8. The van der Waals surface area contributed by atoms with Gasteiger partial charge in [0.25, 0.3) is 0 Å². The molecule has 6 aliphatic rings. The van der Waals surface area contributed by atoms with E-state index in [1.165, 1.54) is 19.8 Å². The summed E-state index contributed by atoms with van der Waals surface area (Å²) in [6.07, 6.45) is 12.9. The minimum absolute atomic E-state index is 0.00803. The molecule has 2 saturated carbocycles. The number of likely N-dealkylation sites (N-methyl/N-ethyl adjacent to an activating group) is 1. The van der Waals surface area contributed by atoms with Crippen molar-refractivity contribution in [3.63, 3.8) is 0 Å². The standard InChI is InChI=1S/C44H56N4O8/c1-24-16-29-19-31-33(21-45)48-32(39(47(31)4)37(29)44(40(24)52-5)56-36(51)18-28-14-10-7-11-15-28)20-30-38(34(48)22-46-35(50)17-27-12-8-6-9-13-27)43-42(53-23-54-43)25(2)41(30)55-26(3)49/h16,27-28,31-34,39H,6-15,17-20,22-23H2,1-5H3,(H,46,50)/t31?,32?,33-,34-,39+/m0/s1. The van der Waals surface area contributed by atoms with Gasteiger partial charge in [-0.25, -0.2) is 0 Å². The summed E-state index contributed by atoms with van der Waals surface area (Å²) in [4.78, 5) is 44.8. The van der Waals surface area contributed by atoms with E-state index in [-0.39, 0.29) is 43.3 Å². The van der Waals surface area contributed by atoms with Gasteiger partial charge >= 0.3 is 11.9 Å². The first kappa shape index (κ1) is 38.5. The van der Waals surface area contributed by atoms with Crippen molar-refractivity contribution >= 4 is 17.8 Å². The summed E-state index contributed by atoms with van der Waals surface area (Å²) in [7, 11) is 3.66. The molecular formula is C44H56N4O8. The van der Waals surface area contributed by atoms with E-state index in [1.807, 2.05) is 20.9 Å². The summed E-state index contributed by atoms with van der Waals surface area (Å²) in [5.41, 5.74) is 5.01. The van der Waals surface area contributed by atoms with Crippen molar-refractivity contribution in [1.82, 2.24) is 15.1 Å². The van der Waals surface area contributed by atoms with E-state index in [0.29, 0.717) is 71.8 Å². The Bertz CT molecular complexity index is 1930. The van der Waals surface area contributed by atoms with E-state index >= 15 is 0 Å². The quantitative estimate of drug-likeness (QED) is 0.215. The molecule has 0 radical (unpaired) electrons. The highest BCUT2D eigenvalue weighted by atomic mass is 16.7. The van der Waals surface area contributed by atoms with Crippen LogP contribution in [0.4, 0.5) is 0 Å². The summed E-state index contributed by atoms with van der Waals surface area (Å²) < 4.78 is 30.7. The Morgan fingerprint density at radius 1 is 0.875 bits per heavy atom. The van der Waals surface area contributed by atoms with Gasteiger partial charge < -0.3 is 29.0 Å². The molecule has 1 N–H and O–H groups in total. The number of hydrogen-bond donors (Lipinski definition) is 1. The molecule has 1 amide bonds. The summed E-state index contributed by atoms with van der Waals surface area (Å²) in [6, 6.07) is 2.82. The van der Waals surface area contributed by atoms with Crippen molar-refractivity contribution in [1.29, 1.82) is 5.26 Å². The molecular weight excluding hydrogens is 713 g/mol. The summed E-state index contributed by atoms with van der Waals surface area (Å²) in [5.74, 6) is 2.40. The van der Waals surface area contributed by atoms with Gasteiger partial charge in [0.2, 0.25) is 12.7 Å². The molecule has 2 aromatic rings. The van der Waals surface area contributed by atoms with E-state index in [0.717, 1.165) is 79.2 Å². The first-order chi connectivity index (χ1) is 27.1. The van der Waals surface area contributed by atoms with Crippen LogP contribution in [-0.2, 0) is 27.2 Å². The number of rotatable bonds is 9. The fraction of sp³-hybridized carbons (Fsp3) is 0.636. The Balaban J connectivity index is 1.25. The molecule has 3 fully saturated rings. The molecule has 300 valence electrons. The molecule has 2 aromatic carbocycles. The molecule has 12 nitrogen and oxygen atoms in total. The van der Waals surface area contributed by atoms with E-state index in [9.17, 15) is 19.6 Å². The highest BCUT2D eigenvalue weighted by Gasteiger charge is 2.57. The smallest absolute Gasteiger partial charge is 0.311 e. The maximum absolute atomic E-state index is 13.8. The number of methoxy groups -OCH3 is 1. The third kappa shape index (κ3) is 6.89. The Morgan fingerprint density at radius 3 is 2.21 bits per heavy atom. The van der Waals surface area contributed by atoms with Crippen molar-refractivity contribution in [2.45, 2.75) is 141 Å². The van der Waals surface area contributed by atoms with Gasteiger partial charge in [0.1, 0.15) is 11.8 Å². The van der Waals surface area contributed by atoms with Crippen LogP contribution in [0.2, 0.25) is 0 Å². The summed E-state index contributed by atoms with van der Waals surface area (Å²) >= 11 is 0. The molecule has 56 heavy (non-hydrogen) atoms. The van der Waals surface area contributed by atoms with Gasteiger partial charge in [0.15, 0.2) is 23.0 Å². The number of fused-ring (bicyclic) bond motifs is 9. The first-order valence-electron chi connectivity index (χ1n) is 20.8. The maximum atomic E-state index is 13.8. The van der Waals surface area contributed by atoms with Crippen LogP contribution in [0.25, 0.3) is 0 Å². The minimum atomic E-state index is -0.570. The number of ether oxygens (including phenoxy) is 5. The van der Waals surface area contributed by atoms with Gasteiger partial charge in [-0.1, -0.05) is 44.6 Å². The average molecular weight is 769 g/mol. The number of benzene rings is 2. The number of carbonyl (C=O) groups excluding carboxylic acids is 3. The second-order valence-corrected chi connectivity index (χ2v) is 17.0. The van der Waals surface area contributed by atoms with Crippen LogP contribution in [0.5, 0.6) is 28.7 Å². The predicted molar refractivity (Wildman–Crippen MR) is 207 cm³/mol. The van der Waals surface area contributed by atoms with Crippen LogP contribution in [0.3, 0.4) is 0 Å². The monoisotopic (exact) mass is 768 g/mol. The Kier molecular flexibility index (Phi) is 10.9. The van der Waals surface area contributed by atoms with Crippen LogP contribution in [0, 0.1) is 37.0 Å². The topological polar surface area (TPSA) is 140 Å². The number of nitrogens with one attached hydrogen (secondary N) is 1. The lowest BCUT2D eigenvalue weighted by atomic mass is 9.71. The molecule has 0 aromatic heterocycles. The summed E-state index contributed by atoms with van der Waals surface area (Å²) in [5, 5.41) is 14.4. The third-order valence-corrected chi connectivity index (χ3v) is 13.6. The fourth-order valence-electron chi connectivity index (χ4n) is 11.1. The molecule has 0 spiro atoms. The van der Waals surface area contributed by atoms with Crippen molar-refractivity contribution in [3.8, 4) is 34.8 Å². The molecule has 8 rings (SSSR count). The zero-order valence-corrected chi connectivity index (χ0v) is 33.5. The van der Waals surface area contributed by atoms with Gasteiger partial charge in [-0.2, -0.15) is 5.26 Å². The third-order valence-electron chi connectivity index (χ3n) is 13.6. The van der Waals surface area contributed by atoms with Crippen LogP contribution in [0.1, 0.15) is 129 Å². The van der Waals surface area contributed by atoms with Gasteiger partial charge in [-0.15, -0.1) is 0 Å². The molecule has 2 bridgehead atoms. The van der Waals surface area contributed by atoms with E-state index in [4.69, 9.17) is 23.7 Å². The average Bonchev–Trinajstić information content (AvgIpc) is 3.67. The second kappa shape index (κ2) is 15.9. The predicted octanol–water partition coefficient (Wildman–Crippen LogP) is 6.70. The Labute approximate surface area is 330 Å². The fourth-order valence-corrected chi connectivity index (χ4v) is 11.1. The van der Waals surface area contributed by atoms with Crippen molar-refractivity contribution in [3.05, 3.63) is 39.4 Å². The van der Waals surface area contributed by atoms with Crippen molar-refractivity contribution in [2.75, 3.05) is 27.5 Å². The van der Waals surface area contributed by atoms with Gasteiger partial charge in [-0.05, 0) is 82.4 Å². The van der Waals surface area contributed by atoms with Crippen LogP contribution >= 0.6 is 0 Å². The highest BCUT2D eigenvalue weighted by Crippen LogP contribution is 2.58. The molecule has 2 aliphatic carbocycles. The van der Waals surface area contributed by atoms with Gasteiger partial charge in [0, 0.05) is 60.6 Å². The van der Waals surface area contributed by atoms with Crippen molar-refractivity contribution in [2.24, 2.45) is 11.8 Å². The zero-order chi connectivity index (χ0) is 39.2. The molecule has 2 unspecified atom stereocenters. The lowest BCUT2D eigenvalue weighted by molar-refractivity contribution is -0.136. The number of nitriles is 1. The van der Waals surface area contributed by atoms with Crippen LogP contribution in [-0.4, -0.2) is 73.3 Å². The van der Waals surface area contributed by atoms with E-state index in [2.05, 4.69) is 27.3 Å². The van der Waals surface area contributed by atoms with Gasteiger partial charge in [0.05, 0.1) is 25.3 Å². The summed E-state index contributed by atoms with van der Waals surface area (Å²) in [6.45, 7) is 5.46. The largest absolute Gasteiger partial charge is 0.493 e. The number of aryl methyl sites for hydroxylation is 1. The number of carbonyl (C=O) groups is 3. The Morgan fingerprint density at radius 2 is 1.55 bits per heavy atom. The molecule has 4 heterocycles. The van der Waals surface area contributed by atoms with Gasteiger partial charge in [-0.3, -0.25) is 24.2 Å². The maximum Gasteiger partial charge on any atom is 0.311 e. The molecule has 5 atom stereocenters. The lowest BCUT2D eigenvalue weighted by Gasteiger charge is -2.60. The SMILES string of the molecule is COc1c(C)cc2c(c1OC(=O)CC1CCCCC1)[C@H]1C3Cc4c(OC(C)=O)c(C)c5c(c4[C@H](CNC(=O)CC4CCCCC4)N3[C@@H](C#N)C(C2)N1C)OCO5. The highest BCUT2D eigenvalue weighted by molar-refractivity contribution is 5.78. The number of amides is 1. The lowest BCUT2D eigenvalue weighted by Crippen LogP contribution is -2.68. The minimum Gasteiger partial charge on any atom is -0.493 e. The van der Waals surface area contributed by atoms with Crippen molar-refractivity contribution < 1.29 is 38.1 Å². The molecule has 1 saturated heterocycles. The normalized spacial score (nSPS) is 26.0. The second-order valence-electron chi connectivity index (χ2n) is 17.0.